The van der Waals surface area contributed by atoms with Gasteiger partial charge in [0.05, 0.1) is 13.7 Å². The Morgan fingerprint density at radius 1 is 1.37 bits per heavy atom. The Morgan fingerprint density at radius 3 is 2.53 bits per heavy atom. The van der Waals surface area contributed by atoms with Crippen LogP contribution in [-0.2, 0) is 4.79 Å². The first-order chi connectivity index (χ1) is 9.04. The molecular formula is C12H21N5O2. The highest BCUT2D eigenvalue weighted by molar-refractivity contribution is 5.82. The minimum atomic E-state index is 0.0340. The van der Waals surface area contributed by atoms with E-state index < -0.39 is 0 Å². The number of aromatic nitrogens is 2. The summed E-state index contributed by atoms with van der Waals surface area (Å²) in [6.07, 6.45) is 1.35. The number of amides is 1. The quantitative estimate of drug-likeness (QED) is 0.801. The van der Waals surface area contributed by atoms with E-state index in [9.17, 15) is 4.79 Å². The van der Waals surface area contributed by atoms with E-state index in [-0.39, 0.29) is 18.3 Å². The van der Waals surface area contributed by atoms with Crippen molar-refractivity contribution in [3.8, 4) is 5.75 Å². The van der Waals surface area contributed by atoms with E-state index in [1.807, 2.05) is 13.8 Å². The van der Waals surface area contributed by atoms with Crippen LogP contribution in [0.3, 0.4) is 0 Å². The van der Waals surface area contributed by atoms with Crippen LogP contribution < -0.4 is 15.4 Å². The van der Waals surface area contributed by atoms with E-state index in [2.05, 4.69) is 9.97 Å². The molecule has 0 saturated carbocycles. The van der Waals surface area contributed by atoms with Gasteiger partial charge in [0.1, 0.15) is 6.33 Å². The fraction of sp³-hybridized carbons (Fsp3) is 0.583. The Hall–Kier alpha value is -2.05. The molecule has 0 unspecified atom stereocenters. The van der Waals surface area contributed by atoms with Gasteiger partial charge in [-0.2, -0.15) is 0 Å². The Kier molecular flexibility index (Phi) is 5.35. The summed E-state index contributed by atoms with van der Waals surface area (Å²) in [5, 5.41) is 0. The number of nitrogens with zero attached hydrogens (tertiary/aromatic N) is 4. The number of anilines is 2. The zero-order chi connectivity index (χ0) is 14.4. The van der Waals surface area contributed by atoms with Crippen molar-refractivity contribution >= 4 is 17.5 Å². The summed E-state index contributed by atoms with van der Waals surface area (Å²) < 4.78 is 5.18. The summed E-state index contributed by atoms with van der Waals surface area (Å²) in [6.45, 7) is 5.49. The van der Waals surface area contributed by atoms with Gasteiger partial charge < -0.3 is 20.3 Å². The highest BCUT2D eigenvalue weighted by Crippen LogP contribution is 2.28. The van der Waals surface area contributed by atoms with E-state index in [1.54, 1.807) is 16.8 Å². The first-order valence-electron chi connectivity index (χ1n) is 6.18. The van der Waals surface area contributed by atoms with Gasteiger partial charge in [0.2, 0.25) is 11.7 Å². The van der Waals surface area contributed by atoms with Crippen LogP contribution in [0.1, 0.15) is 13.8 Å². The third kappa shape index (κ3) is 3.46. The van der Waals surface area contributed by atoms with Crippen molar-refractivity contribution in [1.82, 2.24) is 14.9 Å². The molecule has 0 aliphatic heterocycles. The molecule has 1 amide bonds. The molecule has 19 heavy (non-hydrogen) atoms. The van der Waals surface area contributed by atoms with Gasteiger partial charge in [-0.25, -0.2) is 9.97 Å². The smallest absolute Gasteiger partial charge is 0.242 e. The van der Waals surface area contributed by atoms with Gasteiger partial charge in [-0.15, -0.1) is 0 Å². The van der Waals surface area contributed by atoms with Crippen molar-refractivity contribution < 1.29 is 9.53 Å². The minimum absolute atomic E-state index is 0.0340. The van der Waals surface area contributed by atoms with Gasteiger partial charge in [0, 0.05) is 20.1 Å². The third-order valence-corrected chi connectivity index (χ3v) is 2.87. The SMILES string of the molecule is CCN(CC)C(=O)CN(C)c1ncnc(N)c1OC. The van der Waals surface area contributed by atoms with E-state index in [4.69, 9.17) is 10.5 Å². The molecule has 0 bridgehead atoms. The fourth-order valence-electron chi connectivity index (χ4n) is 1.80. The fourth-order valence-corrected chi connectivity index (χ4v) is 1.80. The number of rotatable bonds is 6. The van der Waals surface area contributed by atoms with E-state index in [1.165, 1.54) is 13.4 Å². The summed E-state index contributed by atoms with van der Waals surface area (Å²) in [4.78, 5) is 23.5. The van der Waals surface area contributed by atoms with E-state index in [0.717, 1.165) is 0 Å². The summed E-state index contributed by atoms with van der Waals surface area (Å²) in [5.74, 6) is 1.19. The van der Waals surface area contributed by atoms with E-state index >= 15 is 0 Å². The van der Waals surface area contributed by atoms with Crippen molar-refractivity contribution in [2.24, 2.45) is 0 Å². The lowest BCUT2D eigenvalue weighted by atomic mass is 10.4. The van der Waals surface area contributed by atoms with Crippen molar-refractivity contribution in [3.63, 3.8) is 0 Å². The molecule has 0 aliphatic carbocycles. The molecule has 2 N–H and O–H groups in total. The van der Waals surface area contributed by atoms with Gasteiger partial charge >= 0.3 is 0 Å². The second-order valence-corrected chi connectivity index (χ2v) is 4.04. The summed E-state index contributed by atoms with van der Waals surface area (Å²) in [7, 11) is 3.27. The number of nitrogens with two attached hydrogens (primary N) is 1. The number of methoxy groups -OCH3 is 1. The van der Waals surface area contributed by atoms with Crippen LogP contribution in [0.5, 0.6) is 5.75 Å². The molecule has 106 valence electrons. The first-order valence-corrected chi connectivity index (χ1v) is 6.18. The number of hydrogen-bond donors (Lipinski definition) is 1. The largest absolute Gasteiger partial charge is 0.490 e. The topological polar surface area (TPSA) is 84.6 Å². The first kappa shape index (κ1) is 15.0. The Morgan fingerprint density at radius 2 is 2.00 bits per heavy atom. The lowest BCUT2D eigenvalue weighted by Gasteiger charge is -2.24. The molecule has 0 aromatic carbocycles. The summed E-state index contributed by atoms with van der Waals surface area (Å²) in [6, 6.07) is 0. The maximum Gasteiger partial charge on any atom is 0.242 e. The summed E-state index contributed by atoms with van der Waals surface area (Å²) >= 11 is 0. The molecule has 1 aromatic heterocycles. The Labute approximate surface area is 113 Å². The zero-order valence-electron chi connectivity index (χ0n) is 11.9. The van der Waals surface area contributed by atoms with Gasteiger partial charge in [0.25, 0.3) is 0 Å². The Balaban J connectivity index is 2.86. The van der Waals surface area contributed by atoms with Crippen LogP contribution in [0.2, 0.25) is 0 Å². The average molecular weight is 267 g/mol. The highest BCUT2D eigenvalue weighted by atomic mass is 16.5. The van der Waals surface area contributed by atoms with Gasteiger partial charge in [-0.1, -0.05) is 0 Å². The molecule has 1 rings (SSSR count). The molecule has 0 saturated heterocycles. The number of ether oxygens (including phenoxy) is 1. The normalized spacial score (nSPS) is 10.1. The lowest BCUT2D eigenvalue weighted by molar-refractivity contribution is -0.129. The van der Waals surface area contributed by atoms with Gasteiger partial charge in [0.15, 0.2) is 11.6 Å². The van der Waals surface area contributed by atoms with Crippen molar-refractivity contribution in [3.05, 3.63) is 6.33 Å². The molecule has 0 radical (unpaired) electrons. The number of carbonyl (C=O) groups is 1. The number of nitrogen functional groups attached to an aromatic ring is 1. The van der Waals surface area contributed by atoms with Crippen molar-refractivity contribution in [2.75, 3.05) is 44.4 Å². The minimum Gasteiger partial charge on any atom is -0.490 e. The molecule has 0 atom stereocenters. The maximum atomic E-state index is 12.0. The van der Waals surface area contributed by atoms with Crippen molar-refractivity contribution in [1.29, 1.82) is 0 Å². The molecule has 7 nitrogen and oxygen atoms in total. The second kappa shape index (κ2) is 6.77. The molecule has 7 heteroatoms. The maximum absolute atomic E-state index is 12.0. The summed E-state index contributed by atoms with van der Waals surface area (Å²) in [5.41, 5.74) is 5.71. The number of carbonyl (C=O) groups excluding carboxylic acids is 1. The van der Waals surface area contributed by atoms with Crippen LogP contribution >= 0.6 is 0 Å². The molecular weight excluding hydrogens is 246 g/mol. The molecule has 0 fully saturated rings. The van der Waals surface area contributed by atoms with Crippen LogP contribution in [0.15, 0.2) is 6.33 Å². The molecule has 1 aromatic rings. The van der Waals surface area contributed by atoms with Crippen molar-refractivity contribution in [2.45, 2.75) is 13.8 Å². The van der Waals surface area contributed by atoms with Crippen LogP contribution in [0.25, 0.3) is 0 Å². The average Bonchev–Trinajstić information content (AvgIpc) is 2.39. The van der Waals surface area contributed by atoms with Crippen LogP contribution in [0, 0.1) is 0 Å². The number of hydrogen-bond acceptors (Lipinski definition) is 6. The predicted octanol–water partition coefficient (Wildman–Crippen LogP) is 0.372. The lowest BCUT2D eigenvalue weighted by Crippen LogP contribution is -2.39. The number of likely N-dealkylation sites (N-methyl/N-ethyl adjacent to an activating group) is 2. The van der Waals surface area contributed by atoms with Crippen LogP contribution in [-0.4, -0.2) is 54.6 Å². The van der Waals surface area contributed by atoms with Gasteiger partial charge in [-0.3, -0.25) is 4.79 Å². The highest BCUT2D eigenvalue weighted by Gasteiger charge is 2.18. The third-order valence-electron chi connectivity index (χ3n) is 2.87. The Bertz CT molecular complexity index is 434. The zero-order valence-corrected chi connectivity index (χ0v) is 11.9. The molecule has 1 heterocycles. The van der Waals surface area contributed by atoms with E-state index in [0.29, 0.717) is 24.7 Å². The predicted molar refractivity (Wildman–Crippen MR) is 74.2 cm³/mol. The monoisotopic (exact) mass is 267 g/mol. The molecule has 0 aliphatic rings. The van der Waals surface area contributed by atoms with Gasteiger partial charge in [-0.05, 0) is 13.8 Å². The second-order valence-electron chi connectivity index (χ2n) is 4.04. The molecule has 0 spiro atoms. The standard InChI is InChI=1S/C12H21N5O2/c1-5-17(6-2)9(18)7-16(3)12-10(19-4)11(13)14-8-15-12/h8H,5-7H2,1-4H3,(H2,13,14,15). The van der Waals surface area contributed by atoms with Crippen LogP contribution in [0.4, 0.5) is 11.6 Å².